The summed E-state index contributed by atoms with van der Waals surface area (Å²) < 4.78 is 11.9. The fourth-order valence-electron chi connectivity index (χ4n) is 6.24. The second-order valence-corrected chi connectivity index (χ2v) is 13.2. The molecule has 3 aromatic rings. The minimum atomic E-state index is -0.725. The molecule has 218 valence electrons. The Labute approximate surface area is 245 Å². The van der Waals surface area contributed by atoms with Gasteiger partial charge in [-0.05, 0) is 96.2 Å². The van der Waals surface area contributed by atoms with Gasteiger partial charge in [0.1, 0.15) is 11.5 Å². The summed E-state index contributed by atoms with van der Waals surface area (Å²) in [4.78, 5) is 13.9. The number of benzene rings is 3. The number of carbonyl (C=O) groups is 1. The second kappa shape index (κ2) is 12.6. The minimum Gasteiger partial charge on any atom is -0.497 e. The highest BCUT2D eigenvalue weighted by molar-refractivity contribution is 5.80. The number of carboxylic acid groups (broad SMARTS) is 1. The van der Waals surface area contributed by atoms with Gasteiger partial charge >= 0.3 is 5.97 Å². The summed E-state index contributed by atoms with van der Waals surface area (Å²) in [5.74, 6) is 2.08. The van der Waals surface area contributed by atoms with Crippen LogP contribution in [0.4, 0.5) is 5.69 Å². The van der Waals surface area contributed by atoms with Crippen LogP contribution in [0, 0.1) is 17.3 Å². The molecule has 1 atom stereocenters. The molecule has 1 aliphatic carbocycles. The number of aliphatic carboxylic acids is 1. The fourth-order valence-corrected chi connectivity index (χ4v) is 6.24. The monoisotopic (exact) mass is 555 g/mol. The lowest BCUT2D eigenvalue weighted by Gasteiger charge is -2.35. The van der Waals surface area contributed by atoms with Gasteiger partial charge in [-0.2, -0.15) is 0 Å². The van der Waals surface area contributed by atoms with Crippen molar-refractivity contribution in [1.82, 2.24) is 0 Å². The van der Waals surface area contributed by atoms with Crippen LogP contribution in [-0.2, 0) is 11.2 Å². The predicted molar refractivity (Wildman–Crippen MR) is 166 cm³/mol. The van der Waals surface area contributed by atoms with Gasteiger partial charge in [0.15, 0.2) is 0 Å². The standard InChI is InChI=1S/C36H45NO4/c1-36(2,3)23-26-7-5-8-28(19-26)32-14-13-30(40-4)21-34(32)37-17-15-25(16-18-37)24-41-31-10-6-9-29(20-31)33(22-35(38)39)27-11-12-27/h5-10,13-14,19-21,25,27,33H,11-12,15-18,22-24H2,1-4H3,(H,38,39). The quantitative estimate of drug-likeness (QED) is 0.258. The maximum absolute atomic E-state index is 11.4. The highest BCUT2D eigenvalue weighted by Gasteiger charge is 2.34. The van der Waals surface area contributed by atoms with Crippen molar-refractivity contribution in [3.05, 3.63) is 77.9 Å². The third kappa shape index (κ3) is 7.84. The third-order valence-electron chi connectivity index (χ3n) is 8.49. The highest BCUT2D eigenvalue weighted by Crippen LogP contribution is 2.45. The van der Waals surface area contributed by atoms with E-state index in [0.717, 1.165) is 62.3 Å². The number of hydrogen-bond donors (Lipinski definition) is 1. The van der Waals surface area contributed by atoms with Crippen molar-refractivity contribution in [2.45, 2.75) is 65.2 Å². The van der Waals surface area contributed by atoms with Crippen LogP contribution in [0.1, 0.15) is 69.9 Å². The number of rotatable bonds is 11. The Morgan fingerprint density at radius 2 is 1.71 bits per heavy atom. The normalized spacial score (nSPS) is 16.8. The average Bonchev–Trinajstić information content (AvgIpc) is 3.80. The Balaban J connectivity index is 1.24. The Bertz CT molecular complexity index is 1330. The van der Waals surface area contributed by atoms with Crippen molar-refractivity contribution in [3.63, 3.8) is 0 Å². The van der Waals surface area contributed by atoms with E-state index in [-0.39, 0.29) is 17.8 Å². The van der Waals surface area contributed by atoms with E-state index in [1.54, 1.807) is 7.11 Å². The number of piperidine rings is 1. The van der Waals surface area contributed by atoms with E-state index in [2.05, 4.69) is 80.3 Å². The molecule has 0 spiro atoms. The SMILES string of the molecule is COc1ccc(-c2cccc(CC(C)(C)C)c2)c(N2CCC(COc3cccc(C(CC(=O)O)C4CC4)c3)CC2)c1. The summed E-state index contributed by atoms with van der Waals surface area (Å²) >= 11 is 0. The van der Waals surface area contributed by atoms with Crippen molar-refractivity contribution in [2.75, 3.05) is 31.7 Å². The van der Waals surface area contributed by atoms with Gasteiger partial charge in [-0.15, -0.1) is 0 Å². The first-order chi connectivity index (χ1) is 19.7. The van der Waals surface area contributed by atoms with Gasteiger partial charge in [0.2, 0.25) is 0 Å². The molecule has 3 aromatic carbocycles. The van der Waals surface area contributed by atoms with E-state index in [4.69, 9.17) is 9.47 Å². The molecule has 0 amide bonds. The molecule has 1 saturated heterocycles. The number of carboxylic acids is 1. The molecule has 2 fully saturated rings. The zero-order chi connectivity index (χ0) is 29.0. The lowest BCUT2D eigenvalue weighted by molar-refractivity contribution is -0.137. The summed E-state index contributed by atoms with van der Waals surface area (Å²) in [6.45, 7) is 9.48. The van der Waals surface area contributed by atoms with Crippen LogP contribution in [0.2, 0.25) is 0 Å². The Hall–Kier alpha value is -3.47. The molecule has 1 heterocycles. The van der Waals surface area contributed by atoms with Crippen molar-refractivity contribution in [2.24, 2.45) is 17.3 Å². The van der Waals surface area contributed by atoms with Gasteiger partial charge in [0.25, 0.3) is 0 Å². The first-order valence-electron chi connectivity index (χ1n) is 15.2. The number of anilines is 1. The van der Waals surface area contributed by atoms with Crippen LogP contribution >= 0.6 is 0 Å². The van der Waals surface area contributed by atoms with E-state index in [9.17, 15) is 9.90 Å². The summed E-state index contributed by atoms with van der Waals surface area (Å²) in [5, 5.41) is 9.39. The van der Waals surface area contributed by atoms with Gasteiger partial charge in [-0.3, -0.25) is 4.79 Å². The molecule has 41 heavy (non-hydrogen) atoms. The highest BCUT2D eigenvalue weighted by atomic mass is 16.5. The maximum Gasteiger partial charge on any atom is 0.303 e. The zero-order valence-electron chi connectivity index (χ0n) is 25.1. The molecule has 1 saturated carbocycles. The lowest BCUT2D eigenvalue weighted by atomic mass is 9.87. The van der Waals surface area contributed by atoms with Crippen molar-refractivity contribution in [3.8, 4) is 22.6 Å². The number of ether oxygens (including phenoxy) is 2. The van der Waals surface area contributed by atoms with Crippen LogP contribution in [-0.4, -0.2) is 37.9 Å². The zero-order valence-corrected chi connectivity index (χ0v) is 25.1. The minimum absolute atomic E-state index is 0.0884. The molecule has 0 radical (unpaired) electrons. The van der Waals surface area contributed by atoms with E-state index < -0.39 is 5.97 Å². The number of nitrogens with zero attached hydrogens (tertiary/aromatic N) is 1. The first-order valence-corrected chi connectivity index (χ1v) is 15.2. The predicted octanol–water partition coefficient (Wildman–Crippen LogP) is 8.21. The van der Waals surface area contributed by atoms with Crippen LogP contribution in [0.5, 0.6) is 11.5 Å². The molecule has 5 nitrogen and oxygen atoms in total. The van der Waals surface area contributed by atoms with E-state index in [1.165, 1.54) is 22.4 Å². The van der Waals surface area contributed by atoms with Crippen LogP contribution in [0.3, 0.4) is 0 Å². The van der Waals surface area contributed by atoms with Crippen molar-refractivity contribution >= 4 is 11.7 Å². The Morgan fingerprint density at radius 1 is 0.951 bits per heavy atom. The first kappa shape index (κ1) is 29.0. The molecule has 0 aromatic heterocycles. The number of hydrogen-bond acceptors (Lipinski definition) is 4. The van der Waals surface area contributed by atoms with Gasteiger partial charge in [-0.25, -0.2) is 0 Å². The molecule has 1 aliphatic heterocycles. The summed E-state index contributed by atoms with van der Waals surface area (Å²) in [6, 6.07) is 23.5. The van der Waals surface area contributed by atoms with Gasteiger partial charge < -0.3 is 19.5 Å². The summed E-state index contributed by atoms with van der Waals surface area (Å²) in [5.41, 5.74) is 6.43. The van der Waals surface area contributed by atoms with Gasteiger partial charge in [0.05, 0.1) is 20.1 Å². The van der Waals surface area contributed by atoms with Crippen molar-refractivity contribution in [1.29, 1.82) is 0 Å². The van der Waals surface area contributed by atoms with E-state index in [1.807, 2.05) is 12.1 Å². The molecule has 2 aliphatic rings. The van der Waals surface area contributed by atoms with Gasteiger partial charge in [-0.1, -0.05) is 57.2 Å². The topological polar surface area (TPSA) is 59.0 Å². The Morgan fingerprint density at radius 3 is 2.39 bits per heavy atom. The third-order valence-corrected chi connectivity index (χ3v) is 8.49. The Kier molecular flexibility index (Phi) is 8.91. The molecule has 1 N–H and O–H groups in total. The molecule has 5 heteroatoms. The molecule has 0 bridgehead atoms. The largest absolute Gasteiger partial charge is 0.497 e. The maximum atomic E-state index is 11.4. The van der Waals surface area contributed by atoms with Crippen molar-refractivity contribution < 1.29 is 19.4 Å². The average molecular weight is 556 g/mol. The van der Waals surface area contributed by atoms with E-state index >= 15 is 0 Å². The van der Waals surface area contributed by atoms with Crippen LogP contribution < -0.4 is 14.4 Å². The molecular weight excluding hydrogens is 510 g/mol. The summed E-state index contributed by atoms with van der Waals surface area (Å²) in [6.07, 6.45) is 5.60. The molecular formula is C36H45NO4. The molecule has 1 unspecified atom stereocenters. The fraction of sp³-hybridized carbons (Fsp3) is 0.472. The van der Waals surface area contributed by atoms with Gasteiger partial charge in [0, 0.05) is 30.4 Å². The molecule has 5 rings (SSSR count). The summed E-state index contributed by atoms with van der Waals surface area (Å²) in [7, 11) is 1.73. The second-order valence-electron chi connectivity index (χ2n) is 13.2. The smallest absolute Gasteiger partial charge is 0.303 e. The van der Waals surface area contributed by atoms with Crippen LogP contribution in [0.15, 0.2) is 66.7 Å². The lowest BCUT2D eigenvalue weighted by Crippen LogP contribution is -2.35. The van der Waals surface area contributed by atoms with Crippen LogP contribution in [0.25, 0.3) is 11.1 Å². The van der Waals surface area contributed by atoms with E-state index in [0.29, 0.717) is 18.4 Å². The number of methoxy groups -OCH3 is 1.